The minimum Gasteiger partial charge on any atom is -0.381 e. The first-order valence-corrected chi connectivity index (χ1v) is 9.39. The van der Waals surface area contributed by atoms with E-state index < -0.39 is 0 Å². The zero-order chi connectivity index (χ0) is 17.8. The van der Waals surface area contributed by atoms with E-state index in [1.54, 1.807) is 29.4 Å². The van der Waals surface area contributed by atoms with Crippen LogP contribution in [0.1, 0.15) is 53.7 Å². The number of ether oxygens (including phenoxy) is 1. The number of rotatable bonds is 7. The first kappa shape index (κ1) is 17.1. The lowest BCUT2D eigenvalue weighted by Gasteiger charge is -2.37. The molecule has 26 heavy (non-hydrogen) atoms. The maximum absolute atomic E-state index is 12.3. The van der Waals surface area contributed by atoms with E-state index in [1.807, 2.05) is 0 Å². The molecule has 3 heterocycles. The molecule has 0 bridgehead atoms. The maximum Gasteiger partial charge on any atom is 0.254 e. The third-order valence-electron chi connectivity index (χ3n) is 5.23. The fourth-order valence-corrected chi connectivity index (χ4v) is 3.60. The molecule has 2 fully saturated rings. The Morgan fingerprint density at radius 1 is 1.23 bits per heavy atom. The van der Waals surface area contributed by atoms with Crippen molar-refractivity contribution in [2.75, 3.05) is 26.3 Å². The zero-order valence-electron chi connectivity index (χ0n) is 14.8. The number of nitrogens with zero attached hydrogens (tertiary/aromatic N) is 4. The van der Waals surface area contributed by atoms with Crippen LogP contribution in [0.5, 0.6) is 0 Å². The maximum atomic E-state index is 12.3. The van der Waals surface area contributed by atoms with Gasteiger partial charge in [-0.05, 0) is 30.9 Å². The van der Waals surface area contributed by atoms with Crippen molar-refractivity contribution in [2.24, 2.45) is 5.92 Å². The average molecular weight is 356 g/mol. The normalized spacial score (nSPS) is 18.2. The Bertz CT molecular complexity index is 721. The highest BCUT2D eigenvalue weighted by molar-refractivity contribution is 5.94. The number of hydrogen-bond donors (Lipinski definition) is 0. The van der Waals surface area contributed by atoms with Gasteiger partial charge in [-0.25, -0.2) is 0 Å². The lowest BCUT2D eigenvalue weighted by Crippen LogP contribution is -2.48. The summed E-state index contributed by atoms with van der Waals surface area (Å²) in [6, 6.07) is 3.46. The van der Waals surface area contributed by atoms with Crippen molar-refractivity contribution in [3.63, 3.8) is 0 Å². The molecule has 1 amide bonds. The van der Waals surface area contributed by atoms with Crippen molar-refractivity contribution in [3.8, 4) is 0 Å². The number of amides is 1. The van der Waals surface area contributed by atoms with Gasteiger partial charge in [0.25, 0.3) is 5.91 Å². The molecule has 0 spiro atoms. The Morgan fingerprint density at radius 3 is 2.77 bits per heavy atom. The highest BCUT2D eigenvalue weighted by Gasteiger charge is 2.35. The SMILES string of the molecule is O=C(c1ccncc1)N1CC(c2nc(CCOCC3CCCC3)no2)C1. The van der Waals surface area contributed by atoms with Crippen molar-refractivity contribution >= 4 is 5.91 Å². The molecule has 0 N–H and O–H groups in total. The van der Waals surface area contributed by atoms with Gasteiger partial charge in [0.15, 0.2) is 5.82 Å². The van der Waals surface area contributed by atoms with E-state index in [1.165, 1.54) is 25.7 Å². The quantitative estimate of drug-likeness (QED) is 0.709. The summed E-state index contributed by atoms with van der Waals surface area (Å²) in [6.45, 7) is 2.70. The minimum absolute atomic E-state index is 0.0173. The first-order valence-electron chi connectivity index (χ1n) is 9.39. The fourth-order valence-electron chi connectivity index (χ4n) is 3.60. The Morgan fingerprint density at radius 2 is 2.00 bits per heavy atom. The van der Waals surface area contributed by atoms with Gasteiger partial charge in [0.05, 0.1) is 12.5 Å². The largest absolute Gasteiger partial charge is 0.381 e. The van der Waals surface area contributed by atoms with Gasteiger partial charge in [0.1, 0.15) is 0 Å². The van der Waals surface area contributed by atoms with Gasteiger partial charge in [-0.1, -0.05) is 18.0 Å². The lowest BCUT2D eigenvalue weighted by molar-refractivity contribution is 0.0569. The molecule has 1 saturated carbocycles. The molecule has 2 aromatic rings. The van der Waals surface area contributed by atoms with Crippen molar-refractivity contribution in [1.29, 1.82) is 0 Å². The summed E-state index contributed by atoms with van der Waals surface area (Å²) in [5, 5.41) is 4.04. The summed E-state index contributed by atoms with van der Waals surface area (Å²) in [5.41, 5.74) is 0.657. The Kier molecular flexibility index (Phi) is 5.24. The number of hydrogen-bond acceptors (Lipinski definition) is 6. The molecule has 7 heteroatoms. The Labute approximate surface area is 152 Å². The Balaban J connectivity index is 1.20. The zero-order valence-corrected chi connectivity index (χ0v) is 14.8. The standard InChI is InChI=1S/C19H24N4O3/c24-19(15-5-8-20-9-6-15)23-11-16(12-23)18-21-17(22-26-18)7-10-25-13-14-3-1-2-4-14/h5-6,8-9,14,16H,1-4,7,10-13H2. The fraction of sp³-hybridized carbons (Fsp3) is 0.579. The summed E-state index contributed by atoms with van der Waals surface area (Å²) in [5.74, 6) is 2.18. The highest BCUT2D eigenvalue weighted by atomic mass is 16.5. The number of carbonyl (C=O) groups is 1. The second-order valence-electron chi connectivity index (χ2n) is 7.17. The third kappa shape index (κ3) is 3.93. The molecule has 1 aliphatic heterocycles. The van der Waals surface area contributed by atoms with E-state index in [0.29, 0.717) is 43.4 Å². The highest BCUT2D eigenvalue weighted by Crippen LogP contribution is 2.27. The monoisotopic (exact) mass is 356 g/mol. The number of aromatic nitrogens is 3. The predicted octanol–water partition coefficient (Wildman–Crippen LogP) is 2.45. The first-order chi connectivity index (χ1) is 12.8. The number of likely N-dealkylation sites (tertiary alicyclic amines) is 1. The predicted molar refractivity (Wildman–Crippen MR) is 93.7 cm³/mol. The van der Waals surface area contributed by atoms with Gasteiger partial charge in [0, 0.05) is 44.1 Å². The van der Waals surface area contributed by atoms with Crippen molar-refractivity contribution in [1.82, 2.24) is 20.0 Å². The smallest absolute Gasteiger partial charge is 0.254 e. The summed E-state index contributed by atoms with van der Waals surface area (Å²) in [4.78, 5) is 22.5. The van der Waals surface area contributed by atoms with E-state index in [-0.39, 0.29) is 11.8 Å². The van der Waals surface area contributed by atoms with Gasteiger partial charge in [0.2, 0.25) is 5.89 Å². The number of carbonyl (C=O) groups excluding carboxylic acids is 1. The second kappa shape index (κ2) is 7.95. The van der Waals surface area contributed by atoms with Crippen molar-refractivity contribution in [2.45, 2.75) is 38.0 Å². The van der Waals surface area contributed by atoms with Gasteiger partial charge < -0.3 is 14.2 Å². The van der Waals surface area contributed by atoms with Crippen LogP contribution in [0.4, 0.5) is 0 Å². The lowest BCUT2D eigenvalue weighted by atomic mass is 9.99. The molecule has 0 atom stereocenters. The van der Waals surface area contributed by atoms with Crippen molar-refractivity contribution in [3.05, 3.63) is 41.8 Å². The van der Waals surface area contributed by atoms with Crippen LogP contribution in [0.25, 0.3) is 0 Å². The van der Waals surface area contributed by atoms with E-state index in [9.17, 15) is 4.79 Å². The van der Waals surface area contributed by atoms with Crippen LogP contribution >= 0.6 is 0 Å². The molecule has 4 rings (SSSR count). The summed E-state index contributed by atoms with van der Waals surface area (Å²) < 4.78 is 11.1. The van der Waals surface area contributed by atoms with Crippen LogP contribution in [-0.2, 0) is 11.2 Å². The van der Waals surface area contributed by atoms with Gasteiger partial charge in [-0.15, -0.1) is 0 Å². The van der Waals surface area contributed by atoms with Crippen molar-refractivity contribution < 1.29 is 14.1 Å². The Hall–Kier alpha value is -2.28. The van der Waals surface area contributed by atoms with Crippen LogP contribution in [0.2, 0.25) is 0 Å². The minimum atomic E-state index is 0.0173. The van der Waals surface area contributed by atoms with Gasteiger partial charge in [-0.3, -0.25) is 9.78 Å². The van der Waals surface area contributed by atoms with E-state index in [4.69, 9.17) is 9.26 Å². The average Bonchev–Trinajstić information content (AvgIpc) is 3.30. The third-order valence-corrected chi connectivity index (χ3v) is 5.23. The topological polar surface area (TPSA) is 81.4 Å². The molecular weight excluding hydrogens is 332 g/mol. The van der Waals surface area contributed by atoms with Gasteiger partial charge in [-0.2, -0.15) is 4.98 Å². The van der Waals surface area contributed by atoms with E-state index >= 15 is 0 Å². The molecule has 7 nitrogen and oxygen atoms in total. The molecule has 1 aliphatic carbocycles. The molecular formula is C19H24N4O3. The summed E-state index contributed by atoms with van der Waals surface area (Å²) in [7, 11) is 0. The van der Waals surface area contributed by atoms with Crippen LogP contribution in [0, 0.1) is 5.92 Å². The second-order valence-corrected chi connectivity index (χ2v) is 7.17. The van der Waals surface area contributed by atoms with E-state index in [0.717, 1.165) is 12.5 Å². The number of pyridine rings is 1. The molecule has 2 aromatic heterocycles. The van der Waals surface area contributed by atoms with Gasteiger partial charge >= 0.3 is 0 Å². The summed E-state index contributed by atoms with van der Waals surface area (Å²) >= 11 is 0. The van der Waals surface area contributed by atoms with E-state index in [2.05, 4.69) is 15.1 Å². The molecule has 2 aliphatic rings. The molecule has 0 aromatic carbocycles. The van der Waals surface area contributed by atoms with Crippen LogP contribution in [0.15, 0.2) is 29.0 Å². The van der Waals surface area contributed by atoms with Crippen LogP contribution in [-0.4, -0.2) is 52.2 Å². The molecule has 0 radical (unpaired) electrons. The van der Waals surface area contributed by atoms with Crippen LogP contribution in [0.3, 0.4) is 0 Å². The molecule has 138 valence electrons. The molecule has 0 unspecified atom stereocenters. The molecule has 1 saturated heterocycles. The van der Waals surface area contributed by atoms with Crippen LogP contribution < -0.4 is 0 Å². The summed E-state index contributed by atoms with van der Waals surface area (Å²) in [6.07, 6.45) is 9.19.